The molecule has 0 unspecified atom stereocenters. The van der Waals surface area contributed by atoms with E-state index in [9.17, 15) is 9.59 Å². The third-order valence-electron chi connectivity index (χ3n) is 7.21. The molecule has 3 heterocycles. The van der Waals surface area contributed by atoms with Crippen LogP contribution in [0.4, 0.5) is 0 Å². The largest absolute Gasteiger partial charge is 0.493 e. The van der Waals surface area contributed by atoms with Gasteiger partial charge in [-0.1, -0.05) is 77.0 Å². The maximum Gasteiger partial charge on any atom is 0.338 e. The average molecular weight is 662 g/mol. The van der Waals surface area contributed by atoms with Gasteiger partial charge in [-0.05, 0) is 48.9 Å². The van der Waals surface area contributed by atoms with E-state index in [2.05, 4.69) is 0 Å². The fraction of sp³-hybridized carbons (Fsp3) is 0.147. The second-order valence-electron chi connectivity index (χ2n) is 9.85. The highest BCUT2D eigenvalue weighted by Gasteiger charge is 2.35. The highest BCUT2D eigenvalue weighted by molar-refractivity contribution is 7.07. The van der Waals surface area contributed by atoms with Crippen molar-refractivity contribution >= 4 is 52.3 Å². The molecule has 45 heavy (non-hydrogen) atoms. The van der Waals surface area contributed by atoms with Gasteiger partial charge in [0.15, 0.2) is 16.3 Å². The number of methoxy groups -OCH3 is 2. The number of ether oxygens (including phenoxy) is 3. The normalized spacial score (nSPS) is 14.6. The number of halogens is 2. The molecule has 0 spiro atoms. The van der Waals surface area contributed by atoms with Gasteiger partial charge in [0.25, 0.3) is 5.56 Å². The standard InChI is InChI=1S/C34H26Cl2N2O6S/c1-4-43-33(40)28-30(19-9-6-5-7-10-19)37-34-38(31(28)20-13-15-25(41-2)26(17-20)42-3)32(39)27(45-34)18-21-14-16-24(44-21)22-11-8-12-23(35)29(22)36/h5-18,31H,4H2,1-3H3/b27-18-/t31-/m1/s1. The van der Waals surface area contributed by atoms with Crippen molar-refractivity contribution in [2.75, 3.05) is 20.8 Å². The van der Waals surface area contributed by atoms with E-state index in [1.807, 2.05) is 30.3 Å². The van der Waals surface area contributed by atoms with Crippen molar-refractivity contribution in [3.05, 3.63) is 131 Å². The van der Waals surface area contributed by atoms with Crippen molar-refractivity contribution in [3.63, 3.8) is 0 Å². The molecule has 1 aliphatic rings. The van der Waals surface area contributed by atoms with Crippen LogP contribution in [0.3, 0.4) is 0 Å². The second-order valence-corrected chi connectivity index (χ2v) is 11.6. The molecule has 0 fully saturated rings. The van der Waals surface area contributed by atoms with Gasteiger partial charge in [0.2, 0.25) is 0 Å². The summed E-state index contributed by atoms with van der Waals surface area (Å²) >= 11 is 13.8. The quantitative estimate of drug-likeness (QED) is 0.176. The number of thiazole rings is 1. The summed E-state index contributed by atoms with van der Waals surface area (Å²) in [6.07, 6.45) is 1.65. The highest BCUT2D eigenvalue weighted by Crippen LogP contribution is 2.39. The van der Waals surface area contributed by atoms with E-state index >= 15 is 0 Å². The third kappa shape index (κ3) is 5.70. The molecule has 8 nitrogen and oxygen atoms in total. The Labute approximate surface area is 272 Å². The lowest BCUT2D eigenvalue weighted by molar-refractivity contribution is -0.138. The summed E-state index contributed by atoms with van der Waals surface area (Å²) < 4.78 is 24.5. The Hall–Kier alpha value is -4.57. The monoisotopic (exact) mass is 660 g/mol. The average Bonchev–Trinajstić information content (AvgIpc) is 3.65. The SMILES string of the molecule is CCOC(=O)C1=C(c2ccccc2)N=c2s/c(=C\c3ccc(-c4cccc(Cl)c4Cl)o3)c(=O)n2[C@@H]1c1ccc(OC)c(OC)c1. The van der Waals surface area contributed by atoms with Crippen LogP contribution in [-0.4, -0.2) is 31.4 Å². The zero-order valence-corrected chi connectivity index (χ0v) is 26.7. The van der Waals surface area contributed by atoms with E-state index in [4.69, 9.17) is 46.8 Å². The number of furan rings is 1. The number of benzene rings is 3. The van der Waals surface area contributed by atoms with Gasteiger partial charge in [0, 0.05) is 17.2 Å². The molecule has 0 radical (unpaired) electrons. The van der Waals surface area contributed by atoms with E-state index in [1.165, 1.54) is 23.0 Å². The molecule has 0 saturated carbocycles. The molecule has 0 bridgehead atoms. The predicted octanol–water partition coefficient (Wildman–Crippen LogP) is 6.52. The topological polar surface area (TPSA) is 92.3 Å². The van der Waals surface area contributed by atoms with E-state index in [0.717, 1.165) is 0 Å². The van der Waals surface area contributed by atoms with Crippen LogP contribution < -0.4 is 24.4 Å². The molecular formula is C34H26Cl2N2O6S. The Morgan fingerprint density at radius 3 is 2.51 bits per heavy atom. The molecule has 228 valence electrons. The first kappa shape index (κ1) is 30.5. The summed E-state index contributed by atoms with van der Waals surface area (Å²) in [5.74, 6) is 1.30. The van der Waals surface area contributed by atoms with Crippen LogP contribution in [-0.2, 0) is 9.53 Å². The highest BCUT2D eigenvalue weighted by atomic mass is 35.5. The number of carbonyl (C=O) groups excluding carboxylic acids is 1. The maximum atomic E-state index is 14.2. The predicted molar refractivity (Wildman–Crippen MR) is 175 cm³/mol. The van der Waals surface area contributed by atoms with Gasteiger partial charge in [-0.15, -0.1) is 0 Å². The van der Waals surface area contributed by atoms with Crippen LogP contribution in [0.25, 0.3) is 23.1 Å². The number of aromatic nitrogens is 1. The molecule has 0 saturated heterocycles. The minimum absolute atomic E-state index is 0.144. The first-order valence-electron chi connectivity index (χ1n) is 13.9. The Morgan fingerprint density at radius 1 is 1.00 bits per heavy atom. The van der Waals surface area contributed by atoms with Gasteiger partial charge < -0.3 is 18.6 Å². The first-order valence-corrected chi connectivity index (χ1v) is 15.5. The van der Waals surface area contributed by atoms with Crippen LogP contribution in [0.15, 0.2) is 98.6 Å². The van der Waals surface area contributed by atoms with E-state index in [0.29, 0.717) is 64.8 Å². The van der Waals surface area contributed by atoms with Gasteiger partial charge in [-0.3, -0.25) is 9.36 Å². The summed E-state index contributed by atoms with van der Waals surface area (Å²) in [5, 5.41) is 0.775. The van der Waals surface area contributed by atoms with Crippen LogP contribution in [0.5, 0.6) is 11.5 Å². The minimum Gasteiger partial charge on any atom is -0.493 e. The lowest BCUT2D eigenvalue weighted by atomic mass is 9.93. The zero-order chi connectivity index (χ0) is 31.7. The molecule has 0 N–H and O–H groups in total. The van der Waals surface area contributed by atoms with E-state index in [1.54, 1.807) is 68.6 Å². The lowest BCUT2D eigenvalue weighted by Gasteiger charge is -2.26. The zero-order valence-electron chi connectivity index (χ0n) is 24.4. The number of esters is 1. The fourth-order valence-corrected chi connectivity index (χ4v) is 6.55. The Balaban J connectivity index is 1.58. The Bertz CT molecular complexity index is 2130. The van der Waals surface area contributed by atoms with Crippen LogP contribution in [0, 0.1) is 0 Å². The van der Waals surface area contributed by atoms with Gasteiger partial charge in [-0.25, -0.2) is 9.79 Å². The number of rotatable bonds is 8. The summed E-state index contributed by atoms with van der Waals surface area (Å²) in [6, 6.07) is 22.5. The molecule has 0 amide bonds. The Morgan fingerprint density at radius 2 is 1.78 bits per heavy atom. The van der Waals surface area contributed by atoms with Crippen molar-refractivity contribution < 1.29 is 23.4 Å². The van der Waals surface area contributed by atoms with Crippen molar-refractivity contribution in [3.8, 4) is 22.8 Å². The summed E-state index contributed by atoms with van der Waals surface area (Å²) in [7, 11) is 3.07. The molecule has 3 aromatic carbocycles. The van der Waals surface area contributed by atoms with Gasteiger partial charge in [-0.2, -0.15) is 0 Å². The smallest absolute Gasteiger partial charge is 0.338 e. The number of carbonyl (C=O) groups is 1. The van der Waals surface area contributed by atoms with Gasteiger partial charge >= 0.3 is 5.97 Å². The summed E-state index contributed by atoms with van der Waals surface area (Å²) in [5.41, 5.74) is 2.24. The lowest BCUT2D eigenvalue weighted by Crippen LogP contribution is -2.40. The summed E-state index contributed by atoms with van der Waals surface area (Å²) in [4.78, 5) is 33.2. The van der Waals surface area contributed by atoms with E-state index in [-0.39, 0.29) is 17.7 Å². The molecule has 5 aromatic rings. The van der Waals surface area contributed by atoms with Crippen molar-refractivity contribution in [2.45, 2.75) is 13.0 Å². The molecule has 1 atom stereocenters. The second kappa shape index (κ2) is 12.8. The first-order chi connectivity index (χ1) is 21.8. The Kier molecular flexibility index (Phi) is 8.67. The number of fused-ring (bicyclic) bond motifs is 1. The maximum absolute atomic E-state index is 14.2. The number of nitrogens with zero attached hydrogens (tertiary/aromatic N) is 2. The van der Waals surface area contributed by atoms with Crippen molar-refractivity contribution in [1.82, 2.24) is 4.57 Å². The molecular weight excluding hydrogens is 635 g/mol. The number of hydrogen-bond donors (Lipinski definition) is 0. The fourth-order valence-electron chi connectivity index (χ4n) is 5.18. The van der Waals surface area contributed by atoms with Crippen molar-refractivity contribution in [1.29, 1.82) is 0 Å². The molecule has 0 aliphatic carbocycles. The number of hydrogen-bond acceptors (Lipinski definition) is 8. The van der Waals surface area contributed by atoms with Gasteiger partial charge in [0.1, 0.15) is 11.5 Å². The van der Waals surface area contributed by atoms with E-state index < -0.39 is 12.0 Å². The third-order valence-corrected chi connectivity index (χ3v) is 9.02. The van der Waals surface area contributed by atoms with Crippen LogP contribution in [0.2, 0.25) is 10.0 Å². The van der Waals surface area contributed by atoms with Crippen LogP contribution in [0.1, 0.15) is 29.9 Å². The molecule has 2 aromatic heterocycles. The van der Waals surface area contributed by atoms with Crippen LogP contribution >= 0.6 is 34.5 Å². The molecule has 6 rings (SSSR count). The van der Waals surface area contributed by atoms with Gasteiger partial charge in [0.05, 0.1) is 52.7 Å². The minimum atomic E-state index is -0.880. The van der Waals surface area contributed by atoms with Crippen molar-refractivity contribution in [2.24, 2.45) is 4.99 Å². The summed E-state index contributed by atoms with van der Waals surface area (Å²) in [6.45, 7) is 1.88. The molecule has 11 heteroatoms. The molecule has 1 aliphatic heterocycles.